The predicted molar refractivity (Wildman–Crippen MR) is 98.9 cm³/mol. The minimum absolute atomic E-state index is 0.238. The fourth-order valence-corrected chi connectivity index (χ4v) is 3.59. The molecule has 130 valence electrons. The first-order valence-electron chi connectivity index (χ1n) is 8.10. The van der Waals surface area contributed by atoms with Gasteiger partial charge in [0.15, 0.2) is 0 Å². The van der Waals surface area contributed by atoms with Crippen LogP contribution in [0.5, 0.6) is 5.75 Å². The molecular formula is C19H15N3O3S. The number of ether oxygens (including phenoxy) is 1. The smallest absolute Gasteiger partial charge is 0.286 e. The van der Waals surface area contributed by atoms with Crippen molar-refractivity contribution in [3.63, 3.8) is 0 Å². The molecule has 4 rings (SSSR count). The van der Waals surface area contributed by atoms with E-state index in [1.165, 1.54) is 0 Å². The summed E-state index contributed by atoms with van der Waals surface area (Å²) in [5, 5.41) is 2.59. The van der Waals surface area contributed by atoms with Gasteiger partial charge in [0.25, 0.3) is 5.24 Å². The second-order valence-electron chi connectivity index (χ2n) is 5.90. The summed E-state index contributed by atoms with van der Waals surface area (Å²) < 4.78 is 5.77. The number of fused-ring (bicyclic) bond motifs is 1. The maximum atomic E-state index is 11.7. The molecule has 3 aromatic rings. The molecule has 26 heavy (non-hydrogen) atoms. The number of rotatable bonds is 5. The quantitative estimate of drug-likeness (QED) is 0.748. The lowest BCUT2D eigenvalue weighted by molar-refractivity contribution is -0.118. The van der Waals surface area contributed by atoms with Gasteiger partial charge in [0.1, 0.15) is 12.4 Å². The van der Waals surface area contributed by atoms with E-state index in [0.717, 1.165) is 39.7 Å². The number of hydrogen-bond donors (Lipinski definition) is 1. The number of benzene rings is 1. The van der Waals surface area contributed by atoms with Gasteiger partial charge in [-0.15, -0.1) is 0 Å². The zero-order chi connectivity index (χ0) is 17.9. The highest BCUT2D eigenvalue weighted by atomic mass is 32.2. The monoisotopic (exact) mass is 365 g/mol. The molecule has 2 amide bonds. The number of aromatic nitrogens is 2. The molecule has 1 unspecified atom stereocenters. The van der Waals surface area contributed by atoms with Crippen LogP contribution in [0.1, 0.15) is 11.3 Å². The number of imide groups is 1. The molecule has 1 aromatic carbocycles. The van der Waals surface area contributed by atoms with Gasteiger partial charge < -0.3 is 4.74 Å². The second-order valence-corrected chi connectivity index (χ2v) is 7.07. The molecule has 1 fully saturated rings. The number of amides is 2. The van der Waals surface area contributed by atoms with Crippen molar-refractivity contribution < 1.29 is 14.3 Å². The number of carbonyl (C=O) groups excluding carboxylic acids is 2. The highest BCUT2D eigenvalue weighted by molar-refractivity contribution is 8.15. The van der Waals surface area contributed by atoms with Crippen molar-refractivity contribution in [3.05, 3.63) is 66.1 Å². The van der Waals surface area contributed by atoms with Crippen molar-refractivity contribution in [2.45, 2.75) is 18.3 Å². The van der Waals surface area contributed by atoms with Crippen LogP contribution in [-0.4, -0.2) is 26.4 Å². The van der Waals surface area contributed by atoms with E-state index in [2.05, 4.69) is 15.3 Å². The Kier molecular flexibility index (Phi) is 4.53. The Hall–Kier alpha value is -2.93. The van der Waals surface area contributed by atoms with Crippen molar-refractivity contribution >= 4 is 33.8 Å². The Morgan fingerprint density at radius 2 is 2.04 bits per heavy atom. The average Bonchev–Trinajstić information content (AvgIpc) is 2.97. The minimum Gasteiger partial charge on any atom is -0.487 e. The van der Waals surface area contributed by atoms with Gasteiger partial charge in [-0.25, -0.2) is 0 Å². The normalized spacial score (nSPS) is 16.7. The molecule has 1 N–H and O–H groups in total. The summed E-state index contributed by atoms with van der Waals surface area (Å²) in [5.41, 5.74) is 2.59. The number of pyridine rings is 2. The van der Waals surface area contributed by atoms with Gasteiger partial charge in [-0.2, -0.15) is 0 Å². The average molecular weight is 365 g/mol. The van der Waals surface area contributed by atoms with Crippen LogP contribution in [0.15, 0.2) is 54.9 Å². The van der Waals surface area contributed by atoms with Crippen molar-refractivity contribution in [2.24, 2.45) is 0 Å². The number of hydrogen-bond acceptors (Lipinski definition) is 6. The van der Waals surface area contributed by atoms with E-state index in [0.29, 0.717) is 13.0 Å². The summed E-state index contributed by atoms with van der Waals surface area (Å²) in [7, 11) is 0. The van der Waals surface area contributed by atoms with Crippen LogP contribution in [0.25, 0.3) is 10.9 Å². The maximum Gasteiger partial charge on any atom is 0.286 e. The standard InChI is InChI=1S/C19H15N3O3S/c23-18-17(26-19(24)22-18)8-12-7-13-4-5-15(9-16(13)21-10-12)25-11-14-3-1-2-6-20-14/h1-7,9-10,17H,8,11H2,(H,22,23,24). The Morgan fingerprint density at radius 3 is 2.81 bits per heavy atom. The first-order valence-corrected chi connectivity index (χ1v) is 8.98. The molecule has 0 bridgehead atoms. The van der Waals surface area contributed by atoms with Gasteiger partial charge in [-0.3, -0.25) is 24.9 Å². The molecule has 1 atom stereocenters. The molecule has 6 nitrogen and oxygen atoms in total. The highest BCUT2D eigenvalue weighted by Gasteiger charge is 2.31. The third kappa shape index (κ3) is 3.67. The van der Waals surface area contributed by atoms with Gasteiger partial charge in [0.05, 0.1) is 16.5 Å². The maximum absolute atomic E-state index is 11.7. The van der Waals surface area contributed by atoms with Gasteiger partial charge >= 0.3 is 0 Å². The molecule has 0 saturated carbocycles. The van der Waals surface area contributed by atoms with Gasteiger partial charge in [-0.05, 0) is 42.3 Å². The zero-order valence-electron chi connectivity index (χ0n) is 13.7. The van der Waals surface area contributed by atoms with Crippen LogP contribution in [-0.2, 0) is 17.8 Å². The van der Waals surface area contributed by atoms with Crippen LogP contribution < -0.4 is 10.1 Å². The van der Waals surface area contributed by atoms with E-state index in [-0.39, 0.29) is 16.4 Å². The lowest BCUT2D eigenvalue weighted by atomic mass is 10.1. The summed E-state index contributed by atoms with van der Waals surface area (Å²) in [6.07, 6.45) is 3.95. The molecule has 3 heterocycles. The highest BCUT2D eigenvalue weighted by Crippen LogP contribution is 2.25. The van der Waals surface area contributed by atoms with Crippen molar-refractivity contribution in [1.29, 1.82) is 0 Å². The predicted octanol–water partition coefficient (Wildman–Crippen LogP) is 3.10. The minimum atomic E-state index is -0.386. The summed E-state index contributed by atoms with van der Waals surface area (Å²) in [6.45, 7) is 0.395. The molecule has 1 aliphatic rings. The SMILES string of the molecule is O=C1NC(=O)C(Cc2cnc3cc(OCc4ccccn4)ccc3c2)S1. The molecule has 1 saturated heterocycles. The summed E-state index contributed by atoms with van der Waals surface area (Å²) in [6, 6.07) is 13.4. The van der Waals surface area contributed by atoms with E-state index in [9.17, 15) is 9.59 Å². The topological polar surface area (TPSA) is 81.2 Å². The van der Waals surface area contributed by atoms with E-state index in [1.807, 2.05) is 42.5 Å². The number of carbonyl (C=O) groups is 2. The fraction of sp³-hybridized carbons (Fsp3) is 0.158. The number of thioether (sulfide) groups is 1. The largest absolute Gasteiger partial charge is 0.487 e. The molecule has 0 aliphatic carbocycles. The van der Waals surface area contributed by atoms with Crippen LogP contribution in [0.4, 0.5) is 4.79 Å². The molecule has 0 radical (unpaired) electrons. The Bertz CT molecular complexity index is 978. The Morgan fingerprint density at radius 1 is 1.12 bits per heavy atom. The summed E-state index contributed by atoms with van der Waals surface area (Å²) in [5.74, 6) is 0.484. The van der Waals surface area contributed by atoms with Crippen molar-refractivity contribution in [1.82, 2.24) is 15.3 Å². The third-order valence-electron chi connectivity index (χ3n) is 4.01. The summed E-state index contributed by atoms with van der Waals surface area (Å²) in [4.78, 5) is 31.6. The Balaban J connectivity index is 1.47. The van der Waals surface area contributed by atoms with Crippen LogP contribution in [0.3, 0.4) is 0 Å². The van der Waals surface area contributed by atoms with Crippen molar-refractivity contribution in [3.8, 4) is 5.75 Å². The van der Waals surface area contributed by atoms with Gasteiger partial charge in [-0.1, -0.05) is 17.8 Å². The third-order valence-corrected chi connectivity index (χ3v) is 4.99. The molecule has 0 spiro atoms. The Labute approximate surface area is 154 Å². The first-order chi connectivity index (χ1) is 12.7. The lowest BCUT2D eigenvalue weighted by Crippen LogP contribution is -2.25. The second kappa shape index (κ2) is 7.13. The fourth-order valence-electron chi connectivity index (χ4n) is 2.73. The number of nitrogens with one attached hydrogen (secondary N) is 1. The van der Waals surface area contributed by atoms with Crippen molar-refractivity contribution in [2.75, 3.05) is 0 Å². The molecule has 2 aromatic heterocycles. The van der Waals surface area contributed by atoms with Gasteiger partial charge in [0.2, 0.25) is 5.91 Å². The van der Waals surface area contributed by atoms with E-state index >= 15 is 0 Å². The summed E-state index contributed by atoms with van der Waals surface area (Å²) >= 11 is 1.03. The van der Waals surface area contributed by atoms with Crippen LogP contribution in [0, 0.1) is 0 Å². The van der Waals surface area contributed by atoms with Gasteiger partial charge in [0, 0.05) is 23.8 Å². The zero-order valence-corrected chi connectivity index (χ0v) is 14.5. The van der Waals surface area contributed by atoms with E-state index in [4.69, 9.17) is 4.74 Å². The van der Waals surface area contributed by atoms with Crippen LogP contribution in [0.2, 0.25) is 0 Å². The molecular weight excluding hydrogens is 350 g/mol. The van der Waals surface area contributed by atoms with E-state index in [1.54, 1.807) is 12.4 Å². The first kappa shape index (κ1) is 16.5. The van der Waals surface area contributed by atoms with E-state index < -0.39 is 0 Å². The number of nitrogens with zero attached hydrogens (tertiary/aromatic N) is 2. The van der Waals surface area contributed by atoms with Crippen LogP contribution >= 0.6 is 11.8 Å². The molecule has 1 aliphatic heterocycles. The molecule has 7 heteroatoms. The lowest BCUT2D eigenvalue weighted by Gasteiger charge is -2.09.